The number of hydrogen-bond donors (Lipinski definition) is 2. The van der Waals surface area contributed by atoms with Gasteiger partial charge >= 0.3 is 0 Å². The number of hydrogen-bond acceptors (Lipinski definition) is 2. The van der Waals surface area contributed by atoms with Crippen LogP contribution >= 0.6 is 0 Å². The summed E-state index contributed by atoms with van der Waals surface area (Å²) >= 11 is 0. The lowest BCUT2D eigenvalue weighted by atomic mass is 10.0. The molecule has 2 heteroatoms. The summed E-state index contributed by atoms with van der Waals surface area (Å²) in [7, 11) is 0. The molecule has 1 aliphatic heterocycles. The van der Waals surface area contributed by atoms with Crippen molar-refractivity contribution in [1.29, 1.82) is 0 Å². The average Bonchev–Trinajstić information content (AvgIpc) is 2.96. The van der Waals surface area contributed by atoms with Crippen LogP contribution in [0.25, 0.3) is 0 Å². The van der Waals surface area contributed by atoms with Crippen LogP contribution in [0, 0.1) is 6.92 Å². The van der Waals surface area contributed by atoms with Crippen molar-refractivity contribution < 1.29 is 0 Å². The van der Waals surface area contributed by atoms with Crippen LogP contribution in [0.3, 0.4) is 0 Å². The highest BCUT2D eigenvalue weighted by Crippen LogP contribution is 2.26. The number of benzene rings is 2. The molecule has 2 aromatic rings. The van der Waals surface area contributed by atoms with Gasteiger partial charge in [0.15, 0.2) is 0 Å². The molecule has 0 spiro atoms. The third-order valence-corrected chi connectivity index (χ3v) is 4.36. The first-order valence-electron chi connectivity index (χ1n) is 7.86. The maximum Gasteiger partial charge on any atom is 0.0419 e. The Morgan fingerprint density at radius 3 is 2.76 bits per heavy atom. The molecule has 1 aliphatic rings. The Labute approximate surface area is 127 Å². The van der Waals surface area contributed by atoms with Crippen molar-refractivity contribution in [2.45, 2.75) is 39.3 Å². The zero-order chi connectivity index (χ0) is 14.7. The van der Waals surface area contributed by atoms with Gasteiger partial charge in [-0.3, -0.25) is 0 Å². The second-order valence-corrected chi connectivity index (χ2v) is 6.04. The van der Waals surface area contributed by atoms with Crippen molar-refractivity contribution >= 4 is 5.69 Å². The molecule has 0 saturated carbocycles. The van der Waals surface area contributed by atoms with Gasteiger partial charge in [-0.05, 0) is 48.9 Å². The predicted molar refractivity (Wildman–Crippen MR) is 89.8 cm³/mol. The quantitative estimate of drug-likeness (QED) is 0.873. The van der Waals surface area contributed by atoms with Gasteiger partial charge < -0.3 is 10.6 Å². The minimum absolute atomic E-state index is 0.475. The highest BCUT2D eigenvalue weighted by atomic mass is 14.9. The molecule has 0 aromatic heterocycles. The summed E-state index contributed by atoms with van der Waals surface area (Å²) in [6.45, 7) is 6.47. The summed E-state index contributed by atoms with van der Waals surface area (Å²) < 4.78 is 0. The first kappa shape index (κ1) is 14.2. The van der Waals surface area contributed by atoms with E-state index in [1.165, 1.54) is 27.9 Å². The molecule has 2 N–H and O–H groups in total. The fourth-order valence-electron chi connectivity index (χ4n) is 3.08. The fourth-order valence-corrected chi connectivity index (χ4v) is 3.08. The molecule has 3 rings (SSSR count). The van der Waals surface area contributed by atoms with Crippen LogP contribution in [0.1, 0.15) is 29.2 Å². The largest absolute Gasteiger partial charge is 0.384 e. The number of para-hydroxylation sites is 1. The first-order valence-corrected chi connectivity index (χ1v) is 7.86. The Balaban J connectivity index is 1.61. The van der Waals surface area contributed by atoms with Crippen molar-refractivity contribution in [3.05, 3.63) is 64.7 Å². The number of rotatable bonds is 5. The summed E-state index contributed by atoms with van der Waals surface area (Å²) in [5, 5.41) is 7.18. The molecule has 0 radical (unpaired) electrons. The van der Waals surface area contributed by atoms with Crippen LogP contribution in [0.5, 0.6) is 0 Å². The van der Waals surface area contributed by atoms with Gasteiger partial charge in [0.05, 0.1) is 0 Å². The molecule has 2 aromatic carbocycles. The van der Waals surface area contributed by atoms with Crippen LogP contribution in [0.4, 0.5) is 5.69 Å². The Morgan fingerprint density at radius 2 is 1.90 bits per heavy atom. The fraction of sp³-hybridized carbons (Fsp3) is 0.368. The highest BCUT2D eigenvalue weighted by Gasteiger charge is 2.14. The highest BCUT2D eigenvalue weighted by molar-refractivity contribution is 5.61. The van der Waals surface area contributed by atoms with Gasteiger partial charge in [0.2, 0.25) is 0 Å². The number of fused-ring (bicyclic) bond motifs is 1. The lowest BCUT2D eigenvalue weighted by molar-refractivity contribution is 0.545. The van der Waals surface area contributed by atoms with E-state index < -0.39 is 0 Å². The van der Waals surface area contributed by atoms with Gasteiger partial charge in [0, 0.05) is 24.8 Å². The minimum atomic E-state index is 0.475. The molecule has 0 fully saturated rings. The van der Waals surface area contributed by atoms with E-state index in [0.717, 1.165) is 25.9 Å². The molecule has 0 amide bonds. The molecule has 21 heavy (non-hydrogen) atoms. The van der Waals surface area contributed by atoms with E-state index in [4.69, 9.17) is 0 Å². The number of anilines is 1. The third kappa shape index (κ3) is 3.27. The van der Waals surface area contributed by atoms with E-state index in [9.17, 15) is 0 Å². The first-order chi connectivity index (χ1) is 10.2. The molecule has 0 aliphatic carbocycles. The number of nitrogens with one attached hydrogen (secondary N) is 2. The van der Waals surface area contributed by atoms with Crippen molar-refractivity contribution in [3.63, 3.8) is 0 Å². The normalized spacial score (nSPS) is 14.6. The van der Waals surface area contributed by atoms with Crippen molar-refractivity contribution in [1.82, 2.24) is 5.32 Å². The summed E-state index contributed by atoms with van der Waals surface area (Å²) in [5.41, 5.74) is 7.03. The van der Waals surface area contributed by atoms with Gasteiger partial charge in [0.25, 0.3) is 0 Å². The SMILES string of the molecule is Cc1ccccc1CC(C)NCc1cccc2c1NCC2. The molecule has 1 unspecified atom stereocenters. The second-order valence-electron chi connectivity index (χ2n) is 6.04. The molecule has 1 atom stereocenters. The zero-order valence-electron chi connectivity index (χ0n) is 12.9. The monoisotopic (exact) mass is 280 g/mol. The smallest absolute Gasteiger partial charge is 0.0419 e. The van der Waals surface area contributed by atoms with E-state index in [1.807, 2.05) is 0 Å². The van der Waals surface area contributed by atoms with Crippen LogP contribution in [0.15, 0.2) is 42.5 Å². The average molecular weight is 280 g/mol. The van der Waals surface area contributed by atoms with Crippen molar-refractivity contribution in [2.24, 2.45) is 0 Å². The molecule has 2 nitrogen and oxygen atoms in total. The predicted octanol–water partition coefficient (Wildman–Crippen LogP) is 3.68. The maximum atomic E-state index is 3.66. The summed E-state index contributed by atoms with van der Waals surface area (Å²) in [6.07, 6.45) is 2.23. The van der Waals surface area contributed by atoms with E-state index in [0.29, 0.717) is 6.04 Å². The molecular weight excluding hydrogens is 256 g/mol. The van der Waals surface area contributed by atoms with Crippen LogP contribution in [-0.4, -0.2) is 12.6 Å². The van der Waals surface area contributed by atoms with Gasteiger partial charge in [-0.15, -0.1) is 0 Å². The molecule has 0 saturated heterocycles. The Bertz CT molecular complexity index is 619. The van der Waals surface area contributed by atoms with Gasteiger partial charge in [-0.1, -0.05) is 42.5 Å². The lowest BCUT2D eigenvalue weighted by Crippen LogP contribution is -2.28. The Kier molecular flexibility index (Phi) is 4.26. The van der Waals surface area contributed by atoms with Gasteiger partial charge in [-0.25, -0.2) is 0 Å². The van der Waals surface area contributed by atoms with Crippen LogP contribution in [-0.2, 0) is 19.4 Å². The van der Waals surface area contributed by atoms with Crippen LogP contribution in [0.2, 0.25) is 0 Å². The molecule has 0 bridgehead atoms. The van der Waals surface area contributed by atoms with Crippen LogP contribution < -0.4 is 10.6 Å². The van der Waals surface area contributed by atoms with E-state index >= 15 is 0 Å². The van der Waals surface area contributed by atoms with Gasteiger partial charge in [-0.2, -0.15) is 0 Å². The topological polar surface area (TPSA) is 24.1 Å². The molecule has 1 heterocycles. The summed E-state index contributed by atoms with van der Waals surface area (Å²) in [4.78, 5) is 0. The Hall–Kier alpha value is -1.80. The lowest BCUT2D eigenvalue weighted by Gasteiger charge is -2.17. The standard InChI is InChI=1S/C19H24N2/c1-14-6-3-4-7-17(14)12-15(2)21-13-18-9-5-8-16-10-11-20-19(16)18/h3-9,15,20-21H,10-13H2,1-2H3. The second kappa shape index (κ2) is 6.31. The van der Waals surface area contributed by atoms with Crippen molar-refractivity contribution in [3.8, 4) is 0 Å². The zero-order valence-corrected chi connectivity index (χ0v) is 12.9. The van der Waals surface area contributed by atoms with Gasteiger partial charge in [0.1, 0.15) is 0 Å². The Morgan fingerprint density at radius 1 is 1.10 bits per heavy atom. The van der Waals surface area contributed by atoms with E-state index in [-0.39, 0.29) is 0 Å². The third-order valence-electron chi connectivity index (χ3n) is 4.36. The molecule has 110 valence electrons. The minimum Gasteiger partial charge on any atom is -0.384 e. The number of aryl methyl sites for hydroxylation is 1. The van der Waals surface area contributed by atoms with E-state index in [1.54, 1.807) is 0 Å². The van der Waals surface area contributed by atoms with Crippen molar-refractivity contribution in [2.75, 3.05) is 11.9 Å². The van der Waals surface area contributed by atoms with E-state index in [2.05, 4.69) is 66.9 Å². The maximum absolute atomic E-state index is 3.66. The summed E-state index contributed by atoms with van der Waals surface area (Å²) in [5.74, 6) is 0. The summed E-state index contributed by atoms with van der Waals surface area (Å²) in [6, 6.07) is 15.8. The molecular formula is C19H24N2.